The molecule has 0 spiro atoms. The lowest BCUT2D eigenvalue weighted by Gasteiger charge is -1.95. The number of hydrogen-bond donors (Lipinski definition) is 1. The van der Waals surface area contributed by atoms with Gasteiger partial charge >= 0.3 is 0 Å². The first kappa shape index (κ1) is 7.50. The van der Waals surface area contributed by atoms with E-state index >= 15 is 0 Å². The molecule has 70 valence electrons. The third-order valence-corrected chi connectivity index (χ3v) is 2.68. The van der Waals surface area contributed by atoms with E-state index in [1.165, 1.54) is 5.52 Å². The Bertz CT molecular complexity index is 616. The van der Waals surface area contributed by atoms with E-state index in [4.69, 9.17) is 5.73 Å². The van der Waals surface area contributed by atoms with Gasteiger partial charge in [0, 0.05) is 24.2 Å². The maximum Gasteiger partial charge on any atom is 0.126 e. The fourth-order valence-corrected chi connectivity index (χ4v) is 1.93. The topological polar surface area (TPSA) is 34.8 Å². The number of anilines is 1. The molecule has 0 fully saturated rings. The summed E-state index contributed by atoms with van der Waals surface area (Å²) < 4.78 is 4.21. The predicted octanol–water partition coefficient (Wildman–Crippen LogP) is 2.08. The van der Waals surface area contributed by atoms with E-state index < -0.39 is 0 Å². The van der Waals surface area contributed by atoms with Gasteiger partial charge in [-0.1, -0.05) is 6.07 Å². The molecule has 2 N–H and O–H groups in total. The first-order valence-corrected chi connectivity index (χ1v) is 4.60. The molecule has 14 heavy (non-hydrogen) atoms. The van der Waals surface area contributed by atoms with Crippen LogP contribution in [0.4, 0.5) is 5.69 Å². The van der Waals surface area contributed by atoms with Crippen molar-refractivity contribution in [2.24, 2.45) is 0 Å². The zero-order valence-electron chi connectivity index (χ0n) is 7.94. The van der Waals surface area contributed by atoms with Crippen molar-refractivity contribution in [1.82, 2.24) is 8.80 Å². The first-order valence-electron chi connectivity index (χ1n) is 4.60. The molecular formula is C11H11N3. The summed E-state index contributed by atoms with van der Waals surface area (Å²) in [4.78, 5) is 0. The van der Waals surface area contributed by atoms with Crippen molar-refractivity contribution in [3.63, 3.8) is 0 Å². The molecule has 3 rings (SSSR count). The number of imidazole rings is 1. The van der Waals surface area contributed by atoms with Crippen molar-refractivity contribution < 1.29 is 0 Å². The second-order valence-electron chi connectivity index (χ2n) is 3.56. The number of rotatable bonds is 0. The fourth-order valence-electron chi connectivity index (χ4n) is 1.93. The number of hydrogen-bond acceptors (Lipinski definition) is 1. The van der Waals surface area contributed by atoms with Crippen LogP contribution in [0.5, 0.6) is 0 Å². The highest BCUT2D eigenvalue weighted by molar-refractivity contribution is 5.69. The predicted molar refractivity (Wildman–Crippen MR) is 57.5 cm³/mol. The molecule has 0 bridgehead atoms. The summed E-state index contributed by atoms with van der Waals surface area (Å²) in [5.41, 5.74) is 10.2. The van der Waals surface area contributed by atoms with Crippen molar-refractivity contribution in [2.75, 3.05) is 5.73 Å². The van der Waals surface area contributed by atoms with Gasteiger partial charge in [0.05, 0.1) is 11.2 Å². The lowest BCUT2D eigenvalue weighted by Crippen LogP contribution is -1.86. The molecule has 3 heterocycles. The van der Waals surface area contributed by atoms with Crippen LogP contribution in [0, 0.1) is 6.92 Å². The molecule has 3 heteroatoms. The van der Waals surface area contributed by atoms with Gasteiger partial charge in [-0.15, -0.1) is 0 Å². The van der Waals surface area contributed by atoms with E-state index in [2.05, 4.69) is 27.3 Å². The molecule has 3 aromatic heterocycles. The molecular weight excluding hydrogens is 174 g/mol. The van der Waals surface area contributed by atoms with Crippen molar-refractivity contribution >= 4 is 16.9 Å². The van der Waals surface area contributed by atoms with Crippen molar-refractivity contribution in [3.8, 4) is 0 Å². The highest BCUT2D eigenvalue weighted by Crippen LogP contribution is 2.22. The maximum atomic E-state index is 5.85. The molecule has 0 saturated carbocycles. The molecule has 0 aliphatic carbocycles. The van der Waals surface area contributed by atoms with Crippen LogP contribution in [0.15, 0.2) is 36.8 Å². The number of nitrogen functional groups attached to an aromatic ring is 1. The fraction of sp³-hybridized carbons (Fsp3) is 0.0909. The zero-order chi connectivity index (χ0) is 9.71. The van der Waals surface area contributed by atoms with Crippen LogP contribution < -0.4 is 5.73 Å². The highest BCUT2D eigenvalue weighted by Gasteiger charge is 2.07. The van der Waals surface area contributed by atoms with Crippen LogP contribution >= 0.6 is 0 Å². The largest absolute Gasteiger partial charge is 0.397 e. The quantitative estimate of drug-likeness (QED) is 0.571. The zero-order valence-corrected chi connectivity index (χ0v) is 7.94. The summed E-state index contributed by atoms with van der Waals surface area (Å²) in [6.45, 7) is 2.05. The third-order valence-electron chi connectivity index (χ3n) is 2.68. The van der Waals surface area contributed by atoms with Crippen LogP contribution in [-0.4, -0.2) is 8.80 Å². The average Bonchev–Trinajstić information content (AvgIpc) is 2.65. The smallest absolute Gasteiger partial charge is 0.126 e. The maximum absolute atomic E-state index is 5.85. The van der Waals surface area contributed by atoms with Crippen LogP contribution in [0.2, 0.25) is 0 Å². The van der Waals surface area contributed by atoms with E-state index in [9.17, 15) is 0 Å². The Kier molecular flexibility index (Phi) is 1.24. The number of nitrogens with two attached hydrogens (primary N) is 1. The lowest BCUT2D eigenvalue weighted by atomic mass is 10.3. The van der Waals surface area contributed by atoms with E-state index in [1.54, 1.807) is 0 Å². The molecule has 3 aromatic rings. The van der Waals surface area contributed by atoms with E-state index in [0.717, 1.165) is 16.9 Å². The minimum Gasteiger partial charge on any atom is -0.397 e. The lowest BCUT2D eigenvalue weighted by molar-refractivity contribution is 1.17. The number of fused-ring (bicyclic) bond motifs is 3. The van der Waals surface area contributed by atoms with Crippen molar-refractivity contribution in [1.29, 1.82) is 0 Å². The summed E-state index contributed by atoms with van der Waals surface area (Å²) in [5, 5.41) is 0. The molecule has 0 aliphatic rings. The molecule has 0 unspecified atom stereocenters. The summed E-state index contributed by atoms with van der Waals surface area (Å²) in [6, 6.07) is 6.14. The second-order valence-corrected chi connectivity index (χ2v) is 3.56. The Morgan fingerprint density at radius 2 is 2.07 bits per heavy atom. The van der Waals surface area contributed by atoms with Gasteiger partial charge in [0.2, 0.25) is 0 Å². The van der Waals surface area contributed by atoms with Crippen molar-refractivity contribution in [3.05, 3.63) is 42.4 Å². The van der Waals surface area contributed by atoms with Crippen LogP contribution in [0.3, 0.4) is 0 Å². The molecule has 0 saturated heterocycles. The number of pyridine rings is 1. The van der Waals surface area contributed by atoms with Gasteiger partial charge < -0.3 is 14.5 Å². The standard InChI is InChI=1S/C11H11N3/c1-8-10(12)7-13-6-9-4-2-3-5-14(9)11(8)13/h2-7H,12H2,1H3. The van der Waals surface area contributed by atoms with Crippen LogP contribution in [0.1, 0.15) is 5.56 Å². The number of nitrogens with zero attached hydrogens (tertiary/aromatic N) is 2. The average molecular weight is 185 g/mol. The minimum atomic E-state index is 0.846. The van der Waals surface area contributed by atoms with Gasteiger partial charge in [0.1, 0.15) is 5.65 Å². The van der Waals surface area contributed by atoms with Gasteiger partial charge in [-0.3, -0.25) is 0 Å². The molecule has 0 atom stereocenters. The Hall–Kier alpha value is -1.90. The molecule has 0 amide bonds. The Morgan fingerprint density at radius 3 is 2.93 bits per heavy atom. The Labute approximate surface area is 81.4 Å². The monoisotopic (exact) mass is 185 g/mol. The normalized spacial score (nSPS) is 11.5. The molecule has 3 nitrogen and oxygen atoms in total. The summed E-state index contributed by atoms with van der Waals surface area (Å²) in [6.07, 6.45) is 6.09. The number of aromatic nitrogens is 2. The summed E-state index contributed by atoms with van der Waals surface area (Å²) >= 11 is 0. The Balaban J connectivity index is 2.62. The van der Waals surface area contributed by atoms with Crippen molar-refractivity contribution in [2.45, 2.75) is 6.92 Å². The van der Waals surface area contributed by atoms with Gasteiger partial charge in [-0.05, 0) is 19.1 Å². The highest BCUT2D eigenvalue weighted by atomic mass is 15.1. The Morgan fingerprint density at radius 1 is 1.21 bits per heavy atom. The summed E-state index contributed by atoms with van der Waals surface area (Å²) in [5.74, 6) is 0. The van der Waals surface area contributed by atoms with Gasteiger partial charge in [0.25, 0.3) is 0 Å². The second kappa shape index (κ2) is 2.32. The van der Waals surface area contributed by atoms with Gasteiger partial charge in [-0.25, -0.2) is 0 Å². The third kappa shape index (κ3) is 0.763. The minimum absolute atomic E-state index is 0.846. The van der Waals surface area contributed by atoms with Crippen LogP contribution in [0.25, 0.3) is 11.2 Å². The van der Waals surface area contributed by atoms with Crippen LogP contribution in [-0.2, 0) is 0 Å². The van der Waals surface area contributed by atoms with E-state index in [-0.39, 0.29) is 0 Å². The SMILES string of the molecule is Cc1c(N)cn2cc3ccccn3c12. The summed E-state index contributed by atoms with van der Waals surface area (Å²) in [7, 11) is 0. The van der Waals surface area contributed by atoms with Gasteiger partial charge in [0.15, 0.2) is 0 Å². The van der Waals surface area contributed by atoms with E-state index in [0.29, 0.717) is 0 Å². The molecule has 0 aromatic carbocycles. The molecule has 0 radical (unpaired) electrons. The molecule has 0 aliphatic heterocycles. The van der Waals surface area contributed by atoms with E-state index in [1.807, 2.05) is 25.3 Å². The number of aryl methyl sites for hydroxylation is 1. The first-order chi connectivity index (χ1) is 6.77. The van der Waals surface area contributed by atoms with Gasteiger partial charge in [-0.2, -0.15) is 0 Å².